The lowest BCUT2D eigenvalue weighted by Crippen LogP contribution is -2.31. The number of nitrogens with one attached hydrogen (secondary N) is 1. The van der Waals surface area contributed by atoms with Gasteiger partial charge in [0.15, 0.2) is 5.03 Å². The van der Waals surface area contributed by atoms with Crippen LogP contribution in [0.5, 0.6) is 0 Å². The molecule has 1 aromatic rings. The normalized spacial score (nSPS) is 11.5. The van der Waals surface area contributed by atoms with Crippen molar-refractivity contribution in [1.29, 1.82) is 0 Å². The molecule has 1 aromatic heterocycles. The summed E-state index contributed by atoms with van der Waals surface area (Å²) in [6.07, 6.45) is 6.74. The average molecular weight is 281 g/mol. The van der Waals surface area contributed by atoms with E-state index < -0.39 is 10.0 Å². The molecular formula is C13H19N3O2S. The van der Waals surface area contributed by atoms with Crippen LogP contribution in [0.15, 0.2) is 23.4 Å². The quantitative estimate of drug-likeness (QED) is 0.752. The van der Waals surface area contributed by atoms with Gasteiger partial charge in [0.1, 0.15) is 0 Å². The highest BCUT2D eigenvalue weighted by molar-refractivity contribution is 7.89. The number of hydrogen-bond acceptors (Lipinski definition) is 4. The maximum absolute atomic E-state index is 12.2. The summed E-state index contributed by atoms with van der Waals surface area (Å²) in [6.45, 7) is 5.66. The van der Waals surface area contributed by atoms with Crippen LogP contribution < -0.4 is 5.32 Å². The van der Waals surface area contributed by atoms with Crippen LogP contribution in [0, 0.1) is 12.3 Å². The van der Waals surface area contributed by atoms with E-state index in [0.29, 0.717) is 13.1 Å². The summed E-state index contributed by atoms with van der Waals surface area (Å²) in [5.74, 6) is 2.34. The van der Waals surface area contributed by atoms with E-state index in [0.717, 1.165) is 12.1 Å². The zero-order valence-electron chi connectivity index (χ0n) is 11.3. The monoisotopic (exact) mass is 281 g/mol. The third kappa shape index (κ3) is 4.03. The Kier molecular flexibility index (Phi) is 5.96. The van der Waals surface area contributed by atoms with Gasteiger partial charge in [-0.05, 0) is 18.2 Å². The van der Waals surface area contributed by atoms with Crippen molar-refractivity contribution in [2.45, 2.75) is 25.4 Å². The summed E-state index contributed by atoms with van der Waals surface area (Å²) in [4.78, 5) is 4.02. The lowest BCUT2D eigenvalue weighted by Gasteiger charge is -2.17. The fraction of sp³-hybridized carbons (Fsp3) is 0.462. The molecule has 1 rings (SSSR count). The third-order valence-corrected chi connectivity index (χ3v) is 4.44. The molecule has 5 nitrogen and oxygen atoms in total. The first-order valence-electron chi connectivity index (χ1n) is 6.15. The number of nitrogens with zero attached hydrogens (tertiary/aromatic N) is 2. The van der Waals surface area contributed by atoms with Crippen LogP contribution in [0.2, 0.25) is 0 Å². The fourth-order valence-corrected chi connectivity index (χ4v) is 2.81. The molecule has 0 aliphatic carbocycles. The largest absolute Gasteiger partial charge is 0.313 e. The van der Waals surface area contributed by atoms with Crippen molar-refractivity contribution in [1.82, 2.24) is 14.6 Å². The minimum atomic E-state index is -3.59. The molecule has 0 saturated heterocycles. The predicted octanol–water partition coefficient (Wildman–Crippen LogP) is 0.835. The molecule has 0 aliphatic heterocycles. The maximum Gasteiger partial charge on any atom is 0.261 e. The number of rotatable bonds is 7. The molecular weight excluding hydrogens is 262 g/mol. The lowest BCUT2D eigenvalue weighted by molar-refractivity contribution is 0.461. The first kappa shape index (κ1) is 15.6. The van der Waals surface area contributed by atoms with Crippen molar-refractivity contribution in [3.8, 4) is 12.3 Å². The minimum Gasteiger partial charge on any atom is -0.313 e. The number of aromatic nitrogens is 1. The first-order chi connectivity index (χ1) is 9.06. The molecule has 1 heterocycles. The second kappa shape index (κ2) is 7.24. The Morgan fingerprint density at radius 2 is 2.16 bits per heavy atom. The summed E-state index contributed by atoms with van der Waals surface area (Å²) in [7, 11) is -3.59. The van der Waals surface area contributed by atoms with Gasteiger partial charge in [0.25, 0.3) is 10.0 Å². The molecule has 0 unspecified atom stereocenters. The van der Waals surface area contributed by atoms with E-state index in [1.807, 2.05) is 6.92 Å². The van der Waals surface area contributed by atoms with E-state index >= 15 is 0 Å². The molecule has 19 heavy (non-hydrogen) atoms. The number of hydrogen-bond donors (Lipinski definition) is 1. The van der Waals surface area contributed by atoms with Gasteiger partial charge in [-0.3, -0.25) is 0 Å². The lowest BCUT2D eigenvalue weighted by atomic mass is 10.3. The second-order valence-corrected chi connectivity index (χ2v) is 5.81. The fourth-order valence-electron chi connectivity index (χ4n) is 1.54. The van der Waals surface area contributed by atoms with Gasteiger partial charge in [-0.2, -0.15) is 4.31 Å². The molecule has 0 aliphatic rings. The molecule has 0 saturated carbocycles. The summed E-state index contributed by atoms with van der Waals surface area (Å²) in [5, 5.41) is 3.18. The van der Waals surface area contributed by atoms with E-state index in [4.69, 9.17) is 6.42 Å². The molecule has 0 fully saturated rings. The van der Waals surface area contributed by atoms with Crippen LogP contribution in [0.25, 0.3) is 0 Å². The standard InChI is InChI=1S/C13H19N3O2S/c1-4-9-16(6-3)19(17,18)13-8-7-12(11-15-13)10-14-5-2/h1,7-8,11,14H,5-6,9-10H2,2-3H3. The Morgan fingerprint density at radius 1 is 1.42 bits per heavy atom. The van der Waals surface area contributed by atoms with Crippen LogP contribution in [0.1, 0.15) is 19.4 Å². The highest BCUT2D eigenvalue weighted by atomic mass is 32.2. The summed E-state index contributed by atoms with van der Waals surface area (Å²) in [6, 6.07) is 3.27. The maximum atomic E-state index is 12.2. The summed E-state index contributed by atoms with van der Waals surface area (Å²) < 4.78 is 25.7. The van der Waals surface area contributed by atoms with Crippen LogP contribution in [0.4, 0.5) is 0 Å². The van der Waals surface area contributed by atoms with E-state index in [1.54, 1.807) is 19.2 Å². The van der Waals surface area contributed by atoms with Crippen LogP contribution in [0.3, 0.4) is 0 Å². The predicted molar refractivity (Wildman–Crippen MR) is 74.9 cm³/mol. The van der Waals surface area contributed by atoms with Crippen LogP contribution >= 0.6 is 0 Å². The first-order valence-corrected chi connectivity index (χ1v) is 7.59. The Bertz CT molecular complexity index is 532. The molecule has 0 amide bonds. The smallest absolute Gasteiger partial charge is 0.261 e. The van der Waals surface area contributed by atoms with Crippen LogP contribution in [-0.4, -0.2) is 37.3 Å². The van der Waals surface area contributed by atoms with Gasteiger partial charge < -0.3 is 5.32 Å². The van der Waals surface area contributed by atoms with Crippen molar-refractivity contribution >= 4 is 10.0 Å². The molecule has 0 aromatic carbocycles. The molecule has 0 spiro atoms. The van der Waals surface area contributed by atoms with Gasteiger partial charge in [0.2, 0.25) is 0 Å². The summed E-state index contributed by atoms with van der Waals surface area (Å²) in [5.41, 5.74) is 0.945. The van der Waals surface area contributed by atoms with Gasteiger partial charge in [0.05, 0.1) is 6.54 Å². The Hall–Kier alpha value is -1.42. The van der Waals surface area contributed by atoms with E-state index in [9.17, 15) is 8.42 Å². The Labute approximate surface area is 115 Å². The molecule has 6 heteroatoms. The highest BCUT2D eigenvalue weighted by Crippen LogP contribution is 2.13. The number of pyridine rings is 1. The van der Waals surface area contributed by atoms with Crippen molar-refractivity contribution in [3.05, 3.63) is 23.9 Å². The van der Waals surface area contributed by atoms with Gasteiger partial charge in [-0.25, -0.2) is 13.4 Å². The van der Waals surface area contributed by atoms with Crippen molar-refractivity contribution in [2.24, 2.45) is 0 Å². The van der Waals surface area contributed by atoms with E-state index in [1.165, 1.54) is 10.4 Å². The molecule has 0 bridgehead atoms. The number of terminal acetylenes is 1. The van der Waals surface area contributed by atoms with Gasteiger partial charge in [-0.1, -0.05) is 25.8 Å². The second-order valence-electron chi connectivity index (χ2n) is 3.92. The summed E-state index contributed by atoms with van der Waals surface area (Å²) >= 11 is 0. The van der Waals surface area contributed by atoms with Crippen molar-refractivity contribution < 1.29 is 8.42 Å². The van der Waals surface area contributed by atoms with Crippen LogP contribution in [-0.2, 0) is 16.6 Å². The minimum absolute atomic E-state index is 0.0323. The number of sulfonamides is 1. The van der Waals surface area contributed by atoms with Crippen molar-refractivity contribution in [3.63, 3.8) is 0 Å². The average Bonchev–Trinajstić information content (AvgIpc) is 2.42. The molecule has 0 radical (unpaired) electrons. The Morgan fingerprint density at radius 3 is 2.63 bits per heavy atom. The zero-order valence-corrected chi connectivity index (χ0v) is 12.1. The van der Waals surface area contributed by atoms with Gasteiger partial charge in [0, 0.05) is 19.3 Å². The molecule has 0 atom stereocenters. The Balaban J connectivity index is 2.93. The van der Waals surface area contributed by atoms with E-state index in [-0.39, 0.29) is 11.6 Å². The zero-order chi connectivity index (χ0) is 14.3. The molecule has 104 valence electrons. The van der Waals surface area contributed by atoms with Gasteiger partial charge >= 0.3 is 0 Å². The van der Waals surface area contributed by atoms with E-state index in [2.05, 4.69) is 16.2 Å². The van der Waals surface area contributed by atoms with Gasteiger partial charge in [-0.15, -0.1) is 6.42 Å². The SMILES string of the molecule is C#CCN(CC)S(=O)(=O)c1ccc(CNCC)cn1. The topological polar surface area (TPSA) is 62.3 Å². The molecule has 1 N–H and O–H groups in total. The highest BCUT2D eigenvalue weighted by Gasteiger charge is 2.23. The van der Waals surface area contributed by atoms with Crippen molar-refractivity contribution in [2.75, 3.05) is 19.6 Å². The third-order valence-electron chi connectivity index (χ3n) is 2.60.